The van der Waals surface area contributed by atoms with Gasteiger partial charge in [0.2, 0.25) is 0 Å². The molecule has 1 unspecified atom stereocenters. The van der Waals surface area contributed by atoms with Crippen LogP contribution in [0.2, 0.25) is 0 Å². The summed E-state index contributed by atoms with van der Waals surface area (Å²) in [4.78, 5) is 24.1. The van der Waals surface area contributed by atoms with Crippen molar-refractivity contribution in [3.63, 3.8) is 0 Å². The first kappa shape index (κ1) is 17.0. The molecule has 0 aliphatic carbocycles. The van der Waals surface area contributed by atoms with Crippen molar-refractivity contribution in [3.8, 4) is 5.75 Å². The number of hydrogen-bond donors (Lipinski definition) is 2. The average Bonchev–Trinajstić information content (AvgIpc) is 2.96. The van der Waals surface area contributed by atoms with Crippen LogP contribution in [0.5, 0.6) is 5.75 Å². The second-order valence-electron chi connectivity index (χ2n) is 6.45. The number of anilines is 1. The van der Waals surface area contributed by atoms with Gasteiger partial charge in [-0.15, -0.1) is 0 Å². The van der Waals surface area contributed by atoms with Gasteiger partial charge in [0.05, 0.1) is 17.4 Å². The largest absolute Gasteiger partial charge is 0.482 e. The predicted octanol–water partition coefficient (Wildman–Crippen LogP) is 2.93. The molecule has 0 fully saturated rings. The predicted molar refractivity (Wildman–Crippen MR) is 91.8 cm³/mol. The number of carbonyl (C=O) groups is 2. The lowest BCUT2D eigenvalue weighted by atomic mass is 10.0. The minimum absolute atomic E-state index is 0.0172. The molecule has 25 heavy (non-hydrogen) atoms. The van der Waals surface area contributed by atoms with E-state index >= 15 is 0 Å². The highest BCUT2D eigenvalue weighted by molar-refractivity contribution is 5.97. The van der Waals surface area contributed by atoms with E-state index in [2.05, 4.69) is 15.8 Å². The maximum Gasteiger partial charge on any atom is 0.262 e. The Kier molecular flexibility index (Phi) is 4.48. The molecule has 7 nitrogen and oxygen atoms in total. The zero-order valence-electron chi connectivity index (χ0n) is 14.7. The summed E-state index contributed by atoms with van der Waals surface area (Å²) in [6.07, 6.45) is 0. The highest BCUT2D eigenvalue weighted by Crippen LogP contribution is 2.31. The van der Waals surface area contributed by atoms with Crippen molar-refractivity contribution in [2.45, 2.75) is 39.7 Å². The number of rotatable bonds is 4. The van der Waals surface area contributed by atoms with Gasteiger partial charge in [0.15, 0.2) is 12.4 Å². The first-order valence-corrected chi connectivity index (χ1v) is 8.20. The topological polar surface area (TPSA) is 93.5 Å². The van der Waals surface area contributed by atoms with Crippen molar-refractivity contribution in [2.24, 2.45) is 0 Å². The van der Waals surface area contributed by atoms with Crippen LogP contribution < -0.4 is 15.4 Å². The van der Waals surface area contributed by atoms with E-state index in [0.717, 1.165) is 5.56 Å². The summed E-state index contributed by atoms with van der Waals surface area (Å²) in [7, 11) is 0. The molecule has 132 valence electrons. The molecule has 2 N–H and O–H groups in total. The van der Waals surface area contributed by atoms with Crippen LogP contribution in [0.15, 0.2) is 22.7 Å². The van der Waals surface area contributed by atoms with Gasteiger partial charge >= 0.3 is 0 Å². The summed E-state index contributed by atoms with van der Waals surface area (Å²) in [5, 5.41) is 9.63. The van der Waals surface area contributed by atoms with E-state index in [-0.39, 0.29) is 30.4 Å². The van der Waals surface area contributed by atoms with Gasteiger partial charge in [-0.2, -0.15) is 0 Å². The fourth-order valence-electron chi connectivity index (χ4n) is 2.78. The number of ether oxygens (including phenoxy) is 1. The number of hydrogen-bond acceptors (Lipinski definition) is 5. The van der Waals surface area contributed by atoms with Crippen molar-refractivity contribution in [2.75, 3.05) is 11.9 Å². The molecule has 0 saturated heterocycles. The van der Waals surface area contributed by atoms with Crippen molar-refractivity contribution in [3.05, 3.63) is 40.8 Å². The number of nitrogens with zero attached hydrogens (tertiary/aromatic N) is 1. The van der Waals surface area contributed by atoms with Crippen LogP contribution in [-0.4, -0.2) is 23.6 Å². The van der Waals surface area contributed by atoms with E-state index in [1.54, 1.807) is 19.1 Å². The van der Waals surface area contributed by atoms with Crippen LogP contribution in [0.4, 0.5) is 5.69 Å². The number of carbonyl (C=O) groups excluding carboxylic acids is 2. The molecule has 2 aromatic rings. The zero-order valence-corrected chi connectivity index (χ0v) is 14.7. The molecule has 3 rings (SSSR count). The molecule has 0 saturated carbocycles. The Morgan fingerprint density at radius 1 is 1.32 bits per heavy atom. The summed E-state index contributed by atoms with van der Waals surface area (Å²) in [5.74, 6) is 0.844. The molecular formula is C18H21N3O4. The third-order valence-corrected chi connectivity index (χ3v) is 4.12. The van der Waals surface area contributed by atoms with Crippen LogP contribution in [0.3, 0.4) is 0 Å². The van der Waals surface area contributed by atoms with Crippen molar-refractivity contribution >= 4 is 17.5 Å². The lowest BCUT2D eigenvalue weighted by Gasteiger charge is -2.21. The Bertz CT molecular complexity index is 826. The van der Waals surface area contributed by atoms with Crippen molar-refractivity contribution in [1.82, 2.24) is 10.5 Å². The minimum atomic E-state index is -0.258. The molecule has 1 aromatic heterocycles. The average molecular weight is 343 g/mol. The Balaban J connectivity index is 1.80. The smallest absolute Gasteiger partial charge is 0.262 e. The lowest BCUT2D eigenvalue weighted by Crippen LogP contribution is -2.29. The maximum atomic E-state index is 12.7. The molecule has 1 aliphatic heterocycles. The molecule has 0 radical (unpaired) electrons. The number of aryl methyl sites for hydroxylation is 1. The summed E-state index contributed by atoms with van der Waals surface area (Å²) >= 11 is 0. The monoisotopic (exact) mass is 343 g/mol. The van der Waals surface area contributed by atoms with Gasteiger partial charge < -0.3 is 19.9 Å². The SMILES string of the molecule is Cc1noc(C(C)C)c1C(=O)NC(C)c1ccc2c(c1)NC(=O)CO2. The van der Waals surface area contributed by atoms with Crippen LogP contribution in [0, 0.1) is 6.92 Å². The van der Waals surface area contributed by atoms with E-state index in [4.69, 9.17) is 9.26 Å². The molecule has 2 amide bonds. The Morgan fingerprint density at radius 3 is 2.80 bits per heavy atom. The van der Waals surface area contributed by atoms with Crippen LogP contribution in [0.1, 0.15) is 60.1 Å². The Labute approximate surface area is 145 Å². The number of benzene rings is 1. The van der Waals surface area contributed by atoms with Gasteiger partial charge in [0.25, 0.3) is 11.8 Å². The molecule has 1 aromatic carbocycles. The minimum Gasteiger partial charge on any atom is -0.482 e. The maximum absolute atomic E-state index is 12.7. The third-order valence-electron chi connectivity index (χ3n) is 4.12. The summed E-state index contributed by atoms with van der Waals surface area (Å²) in [6.45, 7) is 7.55. The number of nitrogens with one attached hydrogen (secondary N) is 2. The normalized spacial score (nSPS) is 14.5. The first-order chi connectivity index (χ1) is 11.9. The molecule has 0 bridgehead atoms. The van der Waals surface area contributed by atoms with Crippen LogP contribution in [0.25, 0.3) is 0 Å². The number of aromatic nitrogens is 1. The Morgan fingerprint density at radius 2 is 2.08 bits per heavy atom. The fraction of sp³-hybridized carbons (Fsp3) is 0.389. The lowest BCUT2D eigenvalue weighted by molar-refractivity contribution is -0.118. The summed E-state index contributed by atoms with van der Waals surface area (Å²) < 4.78 is 10.6. The highest BCUT2D eigenvalue weighted by Gasteiger charge is 2.24. The molecule has 0 spiro atoms. The van der Waals surface area contributed by atoms with E-state index in [1.165, 1.54) is 0 Å². The van der Waals surface area contributed by atoms with Gasteiger partial charge in [-0.3, -0.25) is 9.59 Å². The number of fused-ring (bicyclic) bond motifs is 1. The van der Waals surface area contributed by atoms with E-state index in [9.17, 15) is 9.59 Å². The molecule has 1 aliphatic rings. The van der Waals surface area contributed by atoms with Crippen LogP contribution >= 0.6 is 0 Å². The third kappa shape index (κ3) is 3.35. The van der Waals surface area contributed by atoms with Gasteiger partial charge in [-0.1, -0.05) is 25.1 Å². The van der Waals surface area contributed by atoms with Gasteiger partial charge in [0, 0.05) is 5.92 Å². The molecule has 1 atom stereocenters. The highest BCUT2D eigenvalue weighted by atomic mass is 16.5. The fourth-order valence-corrected chi connectivity index (χ4v) is 2.78. The van der Waals surface area contributed by atoms with E-state index in [1.807, 2.05) is 26.8 Å². The standard InChI is InChI=1S/C18H21N3O4/c1-9(2)17-16(11(4)21-25-17)18(23)19-10(3)12-5-6-14-13(7-12)20-15(22)8-24-14/h5-7,9-10H,8H2,1-4H3,(H,19,23)(H,20,22). The van der Waals surface area contributed by atoms with Crippen LogP contribution in [-0.2, 0) is 4.79 Å². The second-order valence-corrected chi connectivity index (χ2v) is 6.45. The van der Waals surface area contributed by atoms with Crippen molar-refractivity contribution in [1.29, 1.82) is 0 Å². The first-order valence-electron chi connectivity index (χ1n) is 8.20. The molecule has 2 heterocycles. The van der Waals surface area contributed by atoms with Gasteiger partial charge in [0.1, 0.15) is 11.3 Å². The molecular weight excluding hydrogens is 322 g/mol. The summed E-state index contributed by atoms with van der Waals surface area (Å²) in [6, 6.07) is 5.20. The molecule has 7 heteroatoms. The van der Waals surface area contributed by atoms with Gasteiger partial charge in [-0.05, 0) is 31.5 Å². The van der Waals surface area contributed by atoms with E-state index in [0.29, 0.717) is 28.5 Å². The van der Waals surface area contributed by atoms with Gasteiger partial charge in [-0.25, -0.2) is 0 Å². The quantitative estimate of drug-likeness (QED) is 0.890. The summed E-state index contributed by atoms with van der Waals surface area (Å²) in [5.41, 5.74) is 2.52. The van der Waals surface area contributed by atoms with Crippen molar-refractivity contribution < 1.29 is 18.8 Å². The van der Waals surface area contributed by atoms with E-state index < -0.39 is 0 Å². The zero-order chi connectivity index (χ0) is 18.1. The number of amides is 2. The Hall–Kier alpha value is -2.83. The second kappa shape index (κ2) is 6.58.